The monoisotopic (exact) mass is 340 g/mol. The summed E-state index contributed by atoms with van der Waals surface area (Å²) in [5.74, 6) is -2.18. The molecule has 1 aliphatic rings. The number of benzene rings is 2. The maximum atomic E-state index is 12.4. The molecule has 2 aromatic carbocycles. The maximum absolute atomic E-state index is 12.4. The number of carbonyl (C=O) groups excluding carboxylic acids is 3. The summed E-state index contributed by atoms with van der Waals surface area (Å²) in [5, 5.41) is 11.0. The Hall–Kier alpha value is -3.55. The number of nitro groups is 1. The van der Waals surface area contributed by atoms with Crippen molar-refractivity contribution in [1.82, 2.24) is 4.90 Å². The van der Waals surface area contributed by atoms with Crippen molar-refractivity contribution >= 4 is 23.5 Å². The van der Waals surface area contributed by atoms with Crippen LogP contribution in [0.25, 0.3) is 0 Å². The Kier molecular flexibility index (Phi) is 4.02. The van der Waals surface area contributed by atoms with Crippen LogP contribution in [0.5, 0.6) is 5.75 Å². The molecule has 0 aromatic heterocycles. The Bertz CT molecular complexity index is 904. The number of nitro benzene ring substituents is 1. The molecule has 1 heterocycles. The quantitative estimate of drug-likeness (QED) is 0.277. The van der Waals surface area contributed by atoms with Crippen LogP contribution in [-0.2, 0) is 4.79 Å². The zero-order valence-electron chi connectivity index (χ0n) is 13.1. The molecule has 25 heavy (non-hydrogen) atoms. The molecule has 3 rings (SSSR count). The summed E-state index contributed by atoms with van der Waals surface area (Å²) < 4.78 is 5.09. The number of fused-ring (bicyclic) bond motifs is 1. The molecule has 0 unspecified atom stereocenters. The van der Waals surface area contributed by atoms with Gasteiger partial charge in [0.1, 0.15) is 17.9 Å². The van der Waals surface area contributed by atoms with Crippen LogP contribution < -0.4 is 4.74 Å². The Morgan fingerprint density at radius 1 is 1.12 bits per heavy atom. The summed E-state index contributed by atoms with van der Waals surface area (Å²) >= 11 is 0. The van der Waals surface area contributed by atoms with Crippen molar-refractivity contribution in [3.8, 4) is 5.75 Å². The van der Waals surface area contributed by atoms with Gasteiger partial charge >= 0.3 is 5.97 Å². The van der Waals surface area contributed by atoms with Gasteiger partial charge in [0.2, 0.25) is 0 Å². The van der Waals surface area contributed by atoms with Crippen molar-refractivity contribution in [3.63, 3.8) is 0 Å². The number of rotatable bonds is 4. The number of hydrogen-bond donors (Lipinski definition) is 0. The summed E-state index contributed by atoms with van der Waals surface area (Å²) in [6.45, 7) is 1.24. The zero-order valence-corrected chi connectivity index (χ0v) is 13.1. The van der Waals surface area contributed by atoms with Gasteiger partial charge < -0.3 is 4.74 Å². The molecule has 8 nitrogen and oxygen atoms in total. The van der Waals surface area contributed by atoms with E-state index in [4.69, 9.17) is 4.74 Å². The van der Waals surface area contributed by atoms with E-state index in [0.29, 0.717) is 4.90 Å². The van der Waals surface area contributed by atoms with Crippen molar-refractivity contribution in [2.24, 2.45) is 0 Å². The lowest BCUT2D eigenvalue weighted by Gasteiger charge is -2.12. The highest BCUT2D eigenvalue weighted by Gasteiger charge is 2.41. The van der Waals surface area contributed by atoms with Crippen LogP contribution in [0.1, 0.15) is 26.3 Å². The maximum Gasteiger partial charge on any atom is 0.331 e. The number of carbonyl (C=O) groups is 3. The lowest BCUT2D eigenvalue weighted by atomic mass is 10.1. The van der Waals surface area contributed by atoms with E-state index in [2.05, 4.69) is 0 Å². The van der Waals surface area contributed by atoms with Crippen LogP contribution in [0.4, 0.5) is 5.69 Å². The van der Waals surface area contributed by atoms with E-state index in [-0.39, 0.29) is 16.9 Å². The van der Waals surface area contributed by atoms with E-state index >= 15 is 0 Å². The SMILES string of the molecule is Cc1ccc(OC(=O)CN2C(=O)c3cccc([N+](=O)[O-])c3C2=O)cc1. The second-order valence-corrected chi connectivity index (χ2v) is 5.44. The van der Waals surface area contributed by atoms with E-state index in [0.717, 1.165) is 11.6 Å². The molecular weight excluding hydrogens is 328 g/mol. The molecule has 0 fully saturated rings. The molecule has 1 aliphatic heterocycles. The van der Waals surface area contributed by atoms with Gasteiger partial charge in [-0.25, -0.2) is 4.79 Å². The number of hydrogen-bond acceptors (Lipinski definition) is 6. The highest BCUT2D eigenvalue weighted by Crippen LogP contribution is 2.30. The van der Waals surface area contributed by atoms with Gasteiger partial charge in [-0.05, 0) is 25.1 Å². The zero-order chi connectivity index (χ0) is 18.1. The van der Waals surface area contributed by atoms with Crippen LogP contribution in [0, 0.1) is 17.0 Å². The van der Waals surface area contributed by atoms with Gasteiger partial charge in [-0.3, -0.25) is 24.6 Å². The van der Waals surface area contributed by atoms with Crippen molar-refractivity contribution < 1.29 is 24.0 Å². The van der Waals surface area contributed by atoms with E-state index in [9.17, 15) is 24.5 Å². The summed E-state index contributed by atoms with van der Waals surface area (Å²) in [6, 6.07) is 10.4. The normalized spacial score (nSPS) is 12.9. The first-order chi connectivity index (χ1) is 11.9. The van der Waals surface area contributed by atoms with Crippen LogP contribution in [-0.4, -0.2) is 34.2 Å². The fourth-order valence-corrected chi connectivity index (χ4v) is 2.51. The Labute approximate surface area is 141 Å². The van der Waals surface area contributed by atoms with E-state index < -0.39 is 34.9 Å². The van der Waals surface area contributed by atoms with Crippen molar-refractivity contribution in [3.05, 3.63) is 69.3 Å². The molecule has 0 saturated carbocycles. The predicted molar refractivity (Wildman–Crippen MR) is 85.3 cm³/mol. The lowest BCUT2D eigenvalue weighted by molar-refractivity contribution is -0.385. The molecule has 2 aromatic rings. The van der Waals surface area contributed by atoms with Gasteiger partial charge in [0, 0.05) is 6.07 Å². The predicted octanol–water partition coefficient (Wildman–Crippen LogP) is 2.10. The minimum absolute atomic E-state index is 0.0951. The number of aryl methyl sites for hydroxylation is 1. The van der Waals surface area contributed by atoms with Gasteiger partial charge in [-0.1, -0.05) is 23.8 Å². The molecule has 0 spiro atoms. The highest BCUT2D eigenvalue weighted by atomic mass is 16.6. The van der Waals surface area contributed by atoms with Gasteiger partial charge in [0.05, 0.1) is 10.5 Å². The molecule has 0 radical (unpaired) electrons. The largest absolute Gasteiger partial charge is 0.425 e. The topological polar surface area (TPSA) is 107 Å². The van der Waals surface area contributed by atoms with Crippen molar-refractivity contribution in [2.45, 2.75) is 6.92 Å². The van der Waals surface area contributed by atoms with Gasteiger partial charge in [-0.15, -0.1) is 0 Å². The molecule has 0 N–H and O–H groups in total. The number of ether oxygens (including phenoxy) is 1. The molecule has 0 bridgehead atoms. The average Bonchev–Trinajstić information content (AvgIpc) is 2.82. The highest BCUT2D eigenvalue weighted by molar-refractivity contribution is 6.24. The fourth-order valence-electron chi connectivity index (χ4n) is 2.51. The number of esters is 1. The summed E-state index contributed by atoms with van der Waals surface area (Å²) in [5.41, 5.74) is 0.112. The van der Waals surface area contributed by atoms with Crippen LogP contribution in [0.3, 0.4) is 0 Å². The standard InChI is InChI=1S/C17H12N2O6/c1-10-5-7-11(8-6-10)25-14(20)9-18-16(21)12-3-2-4-13(19(23)24)15(12)17(18)22/h2-8H,9H2,1H3. The first-order valence-electron chi connectivity index (χ1n) is 7.29. The first-order valence-corrected chi connectivity index (χ1v) is 7.29. The third-order valence-corrected chi connectivity index (χ3v) is 3.71. The number of amides is 2. The number of nitrogens with zero attached hydrogens (tertiary/aromatic N) is 2. The summed E-state index contributed by atoms with van der Waals surface area (Å²) in [6.07, 6.45) is 0. The first kappa shape index (κ1) is 16.3. The Balaban J connectivity index is 1.80. The molecule has 126 valence electrons. The Morgan fingerprint density at radius 3 is 2.44 bits per heavy atom. The molecule has 0 atom stereocenters. The summed E-state index contributed by atoms with van der Waals surface area (Å²) in [7, 11) is 0. The molecule has 0 aliphatic carbocycles. The Morgan fingerprint density at radius 2 is 1.80 bits per heavy atom. The van der Waals surface area contributed by atoms with Crippen LogP contribution >= 0.6 is 0 Å². The smallest absolute Gasteiger partial charge is 0.331 e. The van der Waals surface area contributed by atoms with Gasteiger partial charge in [-0.2, -0.15) is 0 Å². The van der Waals surface area contributed by atoms with Crippen molar-refractivity contribution in [2.75, 3.05) is 6.54 Å². The third-order valence-electron chi connectivity index (χ3n) is 3.71. The molecule has 8 heteroatoms. The van der Waals surface area contributed by atoms with Gasteiger partial charge in [0.15, 0.2) is 0 Å². The fraction of sp³-hybridized carbons (Fsp3) is 0.118. The van der Waals surface area contributed by atoms with Gasteiger partial charge in [0.25, 0.3) is 17.5 Å². The van der Waals surface area contributed by atoms with E-state index in [1.165, 1.54) is 12.1 Å². The average molecular weight is 340 g/mol. The van der Waals surface area contributed by atoms with E-state index in [1.54, 1.807) is 24.3 Å². The molecule has 0 saturated heterocycles. The minimum atomic E-state index is -0.881. The number of imide groups is 1. The lowest BCUT2D eigenvalue weighted by Crippen LogP contribution is -2.36. The summed E-state index contributed by atoms with van der Waals surface area (Å²) in [4.78, 5) is 47.6. The second-order valence-electron chi connectivity index (χ2n) is 5.44. The molecular formula is C17H12N2O6. The third kappa shape index (κ3) is 2.97. The van der Waals surface area contributed by atoms with Crippen LogP contribution in [0.2, 0.25) is 0 Å². The van der Waals surface area contributed by atoms with Crippen LogP contribution in [0.15, 0.2) is 42.5 Å². The van der Waals surface area contributed by atoms with Crippen molar-refractivity contribution in [1.29, 1.82) is 0 Å². The molecule has 2 amide bonds. The van der Waals surface area contributed by atoms with E-state index in [1.807, 2.05) is 6.92 Å². The minimum Gasteiger partial charge on any atom is -0.425 e. The second kappa shape index (κ2) is 6.16.